The van der Waals surface area contributed by atoms with Crippen LogP contribution in [0.4, 0.5) is 5.69 Å². The lowest BCUT2D eigenvalue weighted by Gasteiger charge is -2.39. The van der Waals surface area contributed by atoms with Crippen LogP contribution in [-0.4, -0.2) is 23.6 Å². The number of hydrogen-bond acceptors (Lipinski definition) is 2. The average Bonchev–Trinajstić information content (AvgIpc) is 2.33. The molecule has 0 saturated carbocycles. The Labute approximate surface area is 107 Å². The summed E-state index contributed by atoms with van der Waals surface area (Å²) in [7, 11) is 0. The van der Waals surface area contributed by atoms with Crippen molar-refractivity contribution in [1.29, 1.82) is 0 Å². The Balaban J connectivity index is 2.15. The summed E-state index contributed by atoms with van der Waals surface area (Å²) >= 11 is 7.87. The van der Waals surface area contributed by atoms with Gasteiger partial charge >= 0.3 is 0 Å². The molecule has 0 aliphatic carbocycles. The van der Waals surface area contributed by atoms with Crippen molar-refractivity contribution in [3.8, 4) is 0 Å². The molecule has 1 saturated heterocycles. The van der Waals surface area contributed by atoms with E-state index in [0.717, 1.165) is 6.54 Å². The normalized spacial score (nSPS) is 25.8. The third kappa shape index (κ3) is 2.49. The van der Waals surface area contributed by atoms with Gasteiger partial charge < -0.3 is 4.90 Å². The van der Waals surface area contributed by atoms with Gasteiger partial charge in [0.2, 0.25) is 0 Å². The van der Waals surface area contributed by atoms with Crippen molar-refractivity contribution >= 4 is 29.1 Å². The quantitative estimate of drug-likeness (QED) is 0.741. The number of halogens is 1. The fourth-order valence-electron chi connectivity index (χ4n) is 2.07. The first-order valence-electron chi connectivity index (χ1n) is 5.75. The van der Waals surface area contributed by atoms with Crippen LogP contribution in [-0.2, 0) is 5.88 Å². The van der Waals surface area contributed by atoms with Crippen LogP contribution < -0.4 is 4.90 Å². The molecule has 2 atom stereocenters. The van der Waals surface area contributed by atoms with Crippen molar-refractivity contribution in [2.45, 2.75) is 31.0 Å². The topological polar surface area (TPSA) is 3.24 Å². The molecule has 1 aliphatic heterocycles. The number of hydrogen-bond donors (Lipinski definition) is 0. The molecular weight excluding hydrogens is 238 g/mol. The minimum Gasteiger partial charge on any atom is -0.367 e. The summed E-state index contributed by atoms with van der Waals surface area (Å²) in [6.07, 6.45) is 0. The predicted octanol–water partition coefficient (Wildman–Crippen LogP) is 3.76. The maximum Gasteiger partial charge on any atom is 0.0474 e. The van der Waals surface area contributed by atoms with E-state index < -0.39 is 0 Å². The van der Waals surface area contributed by atoms with Crippen LogP contribution in [0.2, 0.25) is 0 Å². The average molecular weight is 256 g/mol. The van der Waals surface area contributed by atoms with Crippen LogP contribution in [0, 0.1) is 0 Å². The van der Waals surface area contributed by atoms with Gasteiger partial charge in [-0.1, -0.05) is 19.1 Å². The van der Waals surface area contributed by atoms with E-state index in [1.54, 1.807) is 0 Å². The van der Waals surface area contributed by atoms with Gasteiger partial charge in [0.05, 0.1) is 0 Å². The van der Waals surface area contributed by atoms with Gasteiger partial charge in [0, 0.05) is 35.2 Å². The monoisotopic (exact) mass is 255 g/mol. The van der Waals surface area contributed by atoms with E-state index in [-0.39, 0.29) is 0 Å². The molecule has 2 unspecified atom stereocenters. The van der Waals surface area contributed by atoms with Crippen molar-refractivity contribution in [1.82, 2.24) is 0 Å². The van der Waals surface area contributed by atoms with Crippen LogP contribution >= 0.6 is 23.4 Å². The second kappa shape index (κ2) is 5.33. The van der Waals surface area contributed by atoms with Crippen LogP contribution in [0.15, 0.2) is 24.3 Å². The van der Waals surface area contributed by atoms with Gasteiger partial charge in [-0.05, 0) is 24.6 Å². The van der Waals surface area contributed by atoms with Gasteiger partial charge in [-0.15, -0.1) is 11.6 Å². The van der Waals surface area contributed by atoms with Gasteiger partial charge in [0.15, 0.2) is 0 Å². The second-order valence-corrected chi connectivity index (χ2v) is 6.06. The zero-order valence-electron chi connectivity index (χ0n) is 9.82. The summed E-state index contributed by atoms with van der Waals surface area (Å²) in [4.78, 5) is 2.50. The highest BCUT2D eigenvalue weighted by Crippen LogP contribution is 2.29. The fraction of sp³-hybridized carbons (Fsp3) is 0.538. The van der Waals surface area contributed by atoms with Crippen LogP contribution in [0.5, 0.6) is 0 Å². The first-order chi connectivity index (χ1) is 7.72. The molecule has 1 aromatic rings. The molecule has 1 fully saturated rings. The van der Waals surface area contributed by atoms with Crippen molar-refractivity contribution < 1.29 is 0 Å². The number of thioether (sulfide) groups is 1. The summed E-state index contributed by atoms with van der Waals surface area (Å²) in [5.74, 6) is 1.82. The standard InChI is InChI=1S/C13H18ClNS/c1-10-11(2)16-8-7-15(10)13-5-3-12(9-14)4-6-13/h3-6,10-11H,7-9H2,1-2H3. The molecule has 2 rings (SSSR count). The minimum absolute atomic E-state index is 0.599. The van der Waals surface area contributed by atoms with Crippen molar-refractivity contribution in [2.24, 2.45) is 0 Å². The van der Waals surface area contributed by atoms with E-state index in [0.29, 0.717) is 17.2 Å². The summed E-state index contributed by atoms with van der Waals surface area (Å²) < 4.78 is 0. The second-order valence-electron chi connectivity index (χ2n) is 4.31. The zero-order chi connectivity index (χ0) is 11.5. The van der Waals surface area contributed by atoms with Gasteiger partial charge in [-0.25, -0.2) is 0 Å². The lowest BCUT2D eigenvalue weighted by Crippen LogP contribution is -2.44. The van der Waals surface area contributed by atoms with Gasteiger partial charge in [0.1, 0.15) is 0 Å². The molecule has 0 aromatic heterocycles. The molecule has 1 aliphatic rings. The third-order valence-electron chi connectivity index (χ3n) is 3.31. The maximum atomic E-state index is 5.80. The Bertz CT molecular complexity index is 338. The largest absolute Gasteiger partial charge is 0.367 e. The predicted molar refractivity (Wildman–Crippen MR) is 74.7 cm³/mol. The first kappa shape index (κ1) is 12.1. The zero-order valence-corrected chi connectivity index (χ0v) is 11.4. The highest BCUT2D eigenvalue weighted by Gasteiger charge is 2.24. The molecule has 0 radical (unpaired) electrons. The molecule has 3 heteroatoms. The number of anilines is 1. The van der Waals surface area contributed by atoms with Gasteiger partial charge in [0.25, 0.3) is 0 Å². The number of benzene rings is 1. The lowest BCUT2D eigenvalue weighted by atomic mass is 10.1. The summed E-state index contributed by atoms with van der Waals surface area (Å²) in [6.45, 7) is 5.78. The highest BCUT2D eigenvalue weighted by atomic mass is 35.5. The van der Waals surface area contributed by atoms with E-state index in [9.17, 15) is 0 Å². The van der Waals surface area contributed by atoms with Crippen LogP contribution in [0.3, 0.4) is 0 Å². The summed E-state index contributed by atoms with van der Waals surface area (Å²) in [5.41, 5.74) is 2.52. The Morgan fingerprint density at radius 2 is 2.00 bits per heavy atom. The Hall–Kier alpha value is -0.340. The smallest absolute Gasteiger partial charge is 0.0474 e. The molecule has 1 nitrogen and oxygen atoms in total. The molecule has 0 bridgehead atoms. The van der Waals surface area contributed by atoms with Crippen LogP contribution in [0.1, 0.15) is 19.4 Å². The van der Waals surface area contributed by atoms with Crippen molar-refractivity contribution in [3.63, 3.8) is 0 Å². The molecule has 1 heterocycles. The Morgan fingerprint density at radius 1 is 1.31 bits per heavy atom. The molecule has 0 N–H and O–H groups in total. The molecule has 16 heavy (non-hydrogen) atoms. The summed E-state index contributed by atoms with van der Waals surface area (Å²) in [6, 6.07) is 9.25. The molecule has 0 spiro atoms. The Morgan fingerprint density at radius 3 is 2.62 bits per heavy atom. The van der Waals surface area contributed by atoms with Crippen molar-refractivity contribution in [2.75, 3.05) is 17.2 Å². The van der Waals surface area contributed by atoms with E-state index in [1.165, 1.54) is 17.0 Å². The summed E-state index contributed by atoms with van der Waals surface area (Å²) in [5, 5.41) is 0.710. The molecule has 0 amide bonds. The Kier molecular flexibility index (Phi) is 4.04. The highest BCUT2D eigenvalue weighted by molar-refractivity contribution is 8.00. The lowest BCUT2D eigenvalue weighted by molar-refractivity contribution is 0.627. The van der Waals surface area contributed by atoms with E-state index in [1.807, 2.05) is 0 Å². The van der Waals surface area contributed by atoms with Crippen molar-refractivity contribution in [3.05, 3.63) is 29.8 Å². The third-order valence-corrected chi connectivity index (χ3v) is 4.95. The maximum absolute atomic E-state index is 5.80. The number of alkyl halides is 1. The molecule has 1 aromatic carbocycles. The van der Waals surface area contributed by atoms with E-state index in [2.05, 4.69) is 54.8 Å². The van der Waals surface area contributed by atoms with Gasteiger partial charge in [-0.2, -0.15) is 11.8 Å². The van der Waals surface area contributed by atoms with E-state index in [4.69, 9.17) is 11.6 Å². The fourth-order valence-corrected chi connectivity index (χ4v) is 3.35. The SMILES string of the molecule is CC1SCCN(c2ccc(CCl)cc2)C1C. The van der Waals surface area contributed by atoms with E-state index >= 15 is 0 Å². The minimum atomic E-state index is 0.599. The first-order valence-corrected chi connectivity index (χ1v) is 7.34. The molecular formula is C13H18ClNS. The number of rotatable bonds is 2. The van der Waals surface area contributed by atoms with Gasteiger partial charge in [-0.3, -0.25) is 0 Å². The number of nitrogens with zero attached hydrogens (tertiary/aromatic N) is 1. The van der Waals surface area contributed by atoms with Crippen LogP contribution in [0.25, 0.3) is 0 Å². The molecule has 88 valence electrons.